The molecule has 2 amide bonds. The van der Waals surface area contributed by atoms with Crippen molar-refractivity contribution in [2.75, 3.05) is 30.8 Å². The van der Waals surface area contributed by atoms with Gasteiger partial charge < -0.3 is 15.0 Å². The van der Waals surface area contributed by atoms with Gasteiger partial charge in [-0.15, -0.1) is 0 Å². The van der Waals surface area contributed by atoms with Gasteiger partial charge in [-0.2, -0.15) is 0 Å². The van der Waals surface area contributed by atoms with E-state index in [4.69, 9.17) is 39.5 Å². The van der Waals surface area contributed by atoms with Crippen LogP contribution in [0.5, 0.6) is 5.75 Å². The van der Waals surface area contributed by atoms with Crippen LogP contribution in [0.3, 0.4) is 0 Å². The number of ether oxygens (including phenoxy) is 1. The molecular weight excluding hydrogens is 573 g/mol. The highest BCUT2D eigenvalue weighted by molar-refractivity contribution is 7.92. The van der Waals surface area contributed by atoms with Crippen molar-refractivity contribution < 1.29 is 22.7 Å². The summed E-state index contributed by atoms with van der Waals surface area (Å²) in [5, 5.41) is 3.97. The second-order valence-corrected chi connectivity index (χ2v) is 12.0. The van der Waals surface area contributed by atoms with Crippen LogP contribution in [0.2, 0.25) is 15.1 Å². The first-order chi connectivity index (χ1) is 17.9. The Balaban J connectivity index is 2.20. The lowest BCUT2D eigenvalue weighted by atomic mass is 10.1. The molecule has 1 N–H and O–H groups in total. The number of amides is 2. The van der Waals surface area contributed by atoms with Crippen LogP contribution < -0.4 is 14.4 Å². The fourth-order valence-electron chi connectivity index (χ4n) is 3.77. The number of carbonyl (C=O) groups is 2. The molecule has 1 atom stereocenters. The molecule has 0 aliphatic heterocycles. The third-order valence-electron chi connectivity index (χ3n) is 5.93. The average molecular weight is 607 g/mol. The second kappa shape index (κ2) is 14.8. The van der Waals surface area contributed by atoms with Crippen LogP contribution in [-0.4, -0.2) is 57.6 Å². The SMILES string of the molecule is CCCCNC(=O)[C@@H](C)N(Cc1ccc(Cl)cc1Cl)C(=O)CCCN(c1ccc(OC)c(Cl)c1)S(C)(=O)=O. The van der Waals surface area contributed by atoms with Crippen LogP contribution in [0.15, 0.2) is 36.4 Å². The molecule has 0 radical (unpaired) electrons. The lowest BCUT2D eigenvalue weighted by molar-refractivity contribution is -0.140. The predicted octanol–water partition coefficient (Wildman–Crippen LogP) is 5.54. The molecule has 0 saturated heterocycles. The summed E-state index contributed by atoms with van der Waals surface area (Å²) in [7, 11) is -2.19. The van der Waals surface area contributed by atoms with E-state index in [1.807, 2.05) is 6.92 Å². The van der Waals surface area contributed by atoms with Crippen LogP contribution in [0.1, 0.15) is 45.1 Å². The molecule has 0 aromatic heterocycles. The summed E-state index contributed by atoms with van der Waals surface area (Å²) in [5.74, 6) is -0.167. The van der Waals surface area contributed by atoms with E-state index in [9.17, 15) is 18.0 Å². The normalized spacial score (nSPS) is 12.1. The van der Waals surface area contributed by atoms with E-state index in [1.54, 1.807) is 37.3 Å². The molecule has 0 saturated carbocycles. The Kier molecular flexibility index (Phi) is 12.5. The van der Waals surface area contributed by atoms with Crippen molar-refractivity contribution in [2.24, 2.45) is 0 Å². The van der Waals surface area contributed by atoms with Gasteiger partial charge in [0.15, 0.2) is 0 Å². The maximum absolute atomic E-state index is 13.4. The van der Waals surface area contributed by atoms with Crippen molar-refractivity contribution in [1.82, 2.24) is 10.2 Å². The molecule has 12 heteroatoms. The molecule has 2 aromatic rings. The Morgan fingerprint density at radius 3 is 2.34 bits per heavy atom. The number of unbranched alkanes of at least 4 members (excludes halogenated alkanes) is 1. The molecule has 8 nitrogen and oxygen atoms in total. The van der Waals surface area contributed by atoms with Crippen molar-refractivity contribution in [1.29, 1.82) is 0 Å². The van der Waals surface area contributed by atoms with Gasteiger partial charge in [0.2, 0.25) is 21.8 Å². The molecule has 0 heterocycles. The highest BCUT2D eigenvalue weighted by Gasteiger charge is 2.27. The quantitative estimate of drug-likeness (QED) is 0.285. The number of hydrogen-bond donors (Lipinski definition) is 1. The largest absolute Gasteiger partial charge is 0.495 e. The minimum absolute atomic E-state index is 0.00763. The van der Waals surface area contributed by atoms with Crippen LogP contribution in [0.4, 0.5) is 5.69 Å². The smallest absolute Gasteiger partial charge is 0.242 e. The first-order valence-corrected chi connectivity index (χ1v) is 15.2. The summed E-state index contributed by atoms with van der Waals surface area (Å²) in [5.41, 5.74) is 1.00. The highest BCUT2D eigenvalue weighted by Crippen LogP contribution is 2.30. The highest BCUT2D eigenvalue weighted by atomic mass is 35.5. The van der Waals surface area contributed by atoms with Crippen LogP contribution in [-0.2, 0) is 26.2 Å². The zero-order valence-corrected chi connectivity index (χ0v) is 25.1. The van der Waals surface area contributed by atoms with E-state index >= 15 is 0 Å². The Morgan fingerprint density at radius 2 is 1.76 bits per heavy atom. The zero-order valence-electron chi connectivity index (χ0n) is 22.0. The molecule has 0 aliphatic carbocycles. The fraction of sp³-hybridized carbons (Fsp3) is 0.462. The predicted molar refractivity (Wildman–Crippen MR) is 154 cm³/mol. The number of benzene rings is 2. The van der Waals surface area contributed by atoms with Crippen molar-refractivity contribution >= 4 is 62.3 Å². The Morgan fingerprint density at radius 1 is 1.05 bits per heavy atom. The fourth-order valence-corrected chi connectivity index (χ4v) is 5.44. The molecule has 0 unspecified atom stereocenters. The van der Waals surface area contributed by atoms with Gasteiger partial charge in [0.05, 0.1) is 24.1 Å². The number of carbonyl (C=O) groups excluding carboxylic acids is 2. The molecular formula is C26H34Cl3N3O5S. The molecule has 210 valence electrons. The number of anilines is 1. The maximum atomic E-state index is 13.4. The number of rotatable bonds is 14. The van der Waals surface area contributed by atoms with Gasteiger partial charge in [-0.3, -0.25) is 13.9 Å². The lowest BCUT2D eigenvalue weighted by Gasteiger charge is -2.30. The Labute approximate surface area is 240 Å². The first-order valence-electron chi connectivity index (χ1n) is 12.2. The lowest BCUT2D eigenvalue weighted by Crippen LogP contribution is -2.48. The summed E-state index contributed by atoms with van der Waals surface area (Å²) in [4.78, 5) is 27.6. The maximum Gasteiger partial charge on any atom is 0.242 e. The third-order valence-corrected chi connectivity index (χ3v) is 8.00. The minimum Gasteiger partial charge on any atom is -0.495 e. The topological polar surface area (TPSA) is 96.0 Å². The van der Waals surface area contributed by atoms with Crippen LogP contribution >= 0.6 is 34.8 Å². The van der Waals surface area contributed by atoms with E-state index in [-0.39, 0.29) is 42.8 Å². The standard InChI is InChI=1S/C26H34Cl3N3O5S/c1-5-6-13-30-26(34)18(2)31(17-19-9-10-20(27)15-22(19)28)25(33)8-7-14-32(38(4,35)36)21-11-12-24(37-3)23(29)16-21/h9-12,15-16,18H,5-8,13-14,17H2,1-4H3,(H,30,34)/t18-/m1/s1. The van der Waals surface area contributed by atoms with E-state index in [2.05, 4.69) is 5.32 Å². The van der Waals surface area contributed by atoms with Crippen molar-refractivity contribution in [3.63, 3.8) is 0 Å². The Hall–Kier alpha value is -2.20. The van der Waals surface area contributed by atoms with Crippen molar-refractivity contribution in [3.05, 3.63) is 57.0 Å². The molecule has 2 aromatic carbocycles. The van der Waals surface area contributed by atoms with E-state index in [1.165, 1.54) is 22.4 Å². The first kappa shape index (κ1) is 32.0. The molecule has 0 aliphatic rings. The van der Waals surface area contributed by atoms with E-state index in [0.717, 1.165) is 19.1 Å². The van der Waals surface area contributed by atoms with Crippen LogP contribution in [0.25, 0.3) is 0 Å². The zero-order chi connectivity index (χ0) is 28.5. The number of sulfonamides is 1. The van der Waals surface area contributed by atoms with Gasteiger partial charge in [0.25, 0.3) is 0 Å². The number of methoxy groups -OCH3 is 1. The van der Waals surface area contributed by atoms with Gasteiger partial charge in [0, 0.05) is 36.1 Å². The molecule has 2 rings (SSSR count). The summed E-state index contributed by atoms with van der Waals surface area (Å²) >= 11 is 18.6. The summed E-state index contributed by atoms with van der Waals surface area (Å²) in [6.45, 7) is 4.33. The van der Waals surface area contributed by atoms with Crippen molar-refractivity contribution in [2.45, 2.75) is 52.1 Å². The molecule has 0 bridgehead atoms. The van der Waals surface area contributed by atoms with Gasteiger partial charge >= 0.3 is 0 Å². The molecule has 0 fully saturated rings. The number of hydrogen-bond acceptors (Lipinski definition) is 5. The van der Waals surface area contributed by atoms with Crippen molar-refractivity contribution in [3.8, 4) is 5.75 Å². The van der Waals surface area contributed by atoms with Gasteiger partial charge in [-0.05, 0) is 55.7 Å². The summed E-state index contributed by atoms with van der Waals surface area (Å²) < 4.78 is 31.4. The third kappa shape index (κ3) is 9.22. The van der Waals surface area contributed by atoms with Crippen LogP contribution in [0, 0.1) is 0 Å². The number of nitrogens with one attached hydrogen (secondary N) is 1. The average Bonchev–Trinajstić information content (AvgIpc) is 2.85. The van der Waals surface area contributed by atoms with Gasteiger partial charge in [0.1, 0.15) is 11.8 Å². The second-order valence-electron chi connectivity index (χ2n) is 8.84. The number of halogens is 3. The number of nitrogens with zero attached hydrogens (tertiary/aromatic N) is 2. The molecule has 0 spiro atoms. The summed E-state index contributed by atoms with van der Waals surface area (Å²) in [6, 6.07) is 8.87. The van der Waals surface area contributed by atoms with E-state index in [0.29, 0.717) is 33.6 Å². The molecule has 38 heavy (non-hydrogen) atoms. The summed E-state index contributed by atoms with van der Waals surface area (Å²) in [6.07, 6.45) is 3.06. The van der Waals surface area contributed by atoms with E-state index < -0.39 is 16.1 Å². The minimum atomic E-state index is -3.66. The monoisotopic (exact) mass is 605 g/mol. The van der Waals surface area contributed by atoms with Gasteiger partial charge in [-0.1, -0.05) is 54.2 Å². The van der Waals surface area contributed by atoms with Gasteiger partial charge in [-0.25, -0.2) is 8.42 Å². The Bertz CT molecular complexity index is 1230.